The largest absolute Gasteiger partial charge is 0.481 e. The molecule has 2 rings (SSSR count). The van der Waals surface area contributed by atoms with Gasteiger partial charge in [-0.25, -0.2) is 4.79 Å². The summed E-state index contributed by atoms with van der Waals surface area (Å²) >= 11 is 0. The summed E-state index contributed by atoms with van der Waals surface area (Å²) in [6.45, 7) is 0. The normalized spacial score (nSPS) is 13.6. The van der Waals surface area contributed by atoms with Crippen LogP contribution >= 0.6 is 0 Å². The van der Waals surface area contributed by atoms with Crippen LogP contribution in [0.5, 0.6) is 0 Å². The van der Waals surface area contributed by atoms with E-state index in [1.165, 1.54) is 0 Å². The quantitative estimate of drug-likeness (QED) is 0.200. The second-order valence-corrected chi connectivity index (χ2v) is 7.57. The number of hydrogen-bond donors (Lipinski definition) is 7. The van der Waals surface area contributed by atoms with Crippen molar-refractivity contribution in [1.82, 2.24) is 15.6 Å². The Morgan fingerprint density at radius 2 is 1.58 bits per heavy atom. The van der Waals surface area contributed by atoms with E-state index >= 15 is 0 Å². The van der Waals surface area contributed by atoms with Gasteiger partial charge in [-0.3, -0.25) is 19.2 Å². The first kappa shape index (κ1) is 25.3. The van der Waals surface area contributed by atoms with E-state index < -0.39 is 54.2 Å². The van der Waals surface area contributed by atoms with Crippen molar-refractivity contribution in [2.45, 2.75) is 50.2 Å². The highest BCUT2D eigenvalue weighted by Gasteiger charge is 2.28. The Kier molecular flexibility index (Phi) is 8.92. The number of amides is 3. The number of aliphatic carboxylic acids is 2. The third kappa shape index (κ3) is 7.61. The Morgan fingerprint density at radius 1 is 0.939 bits per heavy atom. The van der Waals surface area contributed by atoms with Crippen LogP contribution in [0.2, 0.25) is 0 Å². The van der Waals surface area contributed by atoms with Gasteiger partial charge in [0.15, 0.2) is 0 Å². The molecule has 178 valence electrons. The Morgan fingerprint density at radius 3 is 2.21 bits per heavy atom. The molecule has 0 aliphatic rings. The molecule has 3 amide bonds. The molecule has 0 bridgehead atoms. The van der Waals surface area contributed by atoms with E-state index in [0.29, 0.717) is 0 Å². The number of aromatic amines is 1. The number of H-pyrrole nitrogens is 1. The highest BCUT2D eigenvalue weighted by molar-refractivity contribution is 5.92. The lowest BCUT2D eigenvalue weighted by atomic mass is 10.0. The Labute approximate surface area is 188 Å². The fourth-order valence-electron chi connectivity index (χ4n) is 3.26. The van der Waals surface area contributed by atoms with E-state index in [9.17, 15) is 29.1 Å². The topological polar surface area (TPSA) is 218 Å². The smallest absolute Gasteiger partial charge is 0.326 e. The summed E-state index contributed by atoms with van der Waals surface area (Å²) in [6.07, 6.45) is 0.612. The molecular weight excluding hydrogens is 434 g/mol. The van der Waals surface area contributed by atoms with Crippen LogP contribution in [0.15, 0.2) is 30.5 Å². The van der Waals surface area contributed by atoms with E-state index in [0.717, 1.165) is 16.5 Å². The molecule has 3 atom stereocenters. The van der Waals surface area contributed by atoms with Gasteiger partial charge in [-0.1, -0.05) is 18.2 Å². The molecule has 12 heteroatoms. The SMILES string of the molecule is NC(=O)CC[C@H](NC(=O)[C@H](CCC(=O)O)NC(=O)[C@@H](N)Cc1c[nH]c2ccccc12)C(=O)O. The molecule has 0 unspecified atom stereocenters. The Hall–Kier alpha value is -3.93. The van der Waals surface area contributed by atoms with Gasteiger partial charge in [-0.15, -0.1) is 0 Å². The number of rotatable bonds is 13. The summed E-state index contributed by atoms with van der Waals surface area (Å²) in [5.41, 5.74) is 12.7. The predicted molar refractivity (Wildman–Crippen MR) is 117 cm³/mol. The molecule has 0 radical (unpaired) electrons. The summed E-state index contributed by atoms with van der Waals surface area (Å²) in [6, 6.07) is 3.62. The van der Waals surface area contributed by atoms with Gasteiger partial charge in [-0.05, 0) is 30.9 Å². The summed E-state index contributed by atoms with van der Waals surface area (Å²) < 4.78 is 0. The van der Waals surface area contributed by atoms with E-state index in [4.69, 9.17) is 16.6 Å². The minimum absolute atomic E-state index is 0.152. The van der Waals surface area contributed by atoms with Gasteiger partial charge in [0.25, 0.3) is 0 Å². The standard InChI is InChI=1S/C21H27N5O7/c22-13(9-11-10-24-14-4-2-1-3-12(11)14)19(30)25-15(6-8-18(28)29)20(31)26-16(21(32)33)5-7-17(23)27/h1-4,10,13,15-16,24H,5-9,22H2,(H2,23,27)(H,25,30)(H,26,31)(H,28,29)(H,32,33)/t13-,15-,16-/m0/s1. The fourth-order valence-corrected chi connectivity index (χ4v) is 3.26. The fraction of sp³-hybridized carbons (Fsp3) is 0.381. The second-order valence-electron chi connectivity index (χ2n) is 7.57. The zero-order valence-corrected chi connectivity index (χ0v) is 17.7. The molecule has 0 spiro atoms. The molecule has 9 N–H and O–H groups in total. The molecule has 2 aromatic rings. The number of carboxylic acids is 2. The third-order valence-electron chi connectivity index (χ3n) is 5.03. The van der Waals surface area contributed by atoms with Gasteiger partial charge in [0.05, 0.1) is 6.04 Å². The van der Waals surface area contributed by atoms with E-state index in [2.05, 4.69) is 15.6 Å². The number of hydrogen-bond acceptors (Lipinski definition) is 6. The zero-order valence-electron chi connectivity index (χ0n) is 17.7. The lowest BCUT2D eigenvalue weighted by Gasteiger charge is -2.22. The number of fused-ring (bicyclic) bond motifs is 1. The molecule has 0 aliphatic heterocycles. The average Bonchev–Trinajstić information content (AvgIpc) is 3.16. The number of aromatic nitrogens is 1. The van der Waals surface area contributed by atoms with Crippen molar-refractivity contribution in [3.8, 4) is 0 Å². The second kappa shape index (κ2) is 11.6. The first-order chi connectivity index (χ1) is 15.6. The predicted octanol–water partition coefficient (Wildman–Crippen LogP) is -0.778. The molecule has 33 heavy (non-hydrogen) atoms. The summed E-state index contributed by atoms with van der Waals surface area (Å²) in [4.78, 5) is 61.6. The molecule has 0 saturated carbocycles. The van der Waals surface area contributed by atoms with Crippen LogP contribution in [-0.4, -0.2) is 63.0 Å². The van der Waals surface area contributed by atoms with Crippen molar-refractivity contribution in [1.29, 1.82) is 0 Å². The van der Waals surface area contributed by atoms with Gasteiger partial charge in [0.2, 0.25) is 17.7 Å². The third-order valence-corrected chi connectivity index (χ3v) is 5.03. The maximum Gasteiger partial charge on any atom is 0.326 e. The van der Waals surface area contributed by atoms with Crippen LogP contribution in [0.25, 0.3) is 10.9 Å². The molecule has 12 nitrogen and oxygen atoms in total. The minimum Gasteiger partial charge on any atom is -0.481 e. The van der Waals surface area contributed by atoms with Crippen LogP contribution in [-0.2, 0) is 30.4 Å². The summed E-state index contributed by atoms with van der Waals surface area (Å²) in [5.74, 6) is -4.94. The summed E-state index contributed by atoms with van der Waals surface area (Å²) in [5, 5.41) is 23.7. The lowest BCUT2D eigenvalue weighted by Crippen LogP contribution is -2.55. The van der Waals surface area contributed by atoms with Crippen molar-refractivity contribution >= 4 is 40.6 Å². The molecule has 0 fully saturated rings. The number of nitrogens with two attached hydrogens (primary N) is 2. The van der Waals surface area contributed by atoms with E-state index in [-0.39, 0.29) is 25.7 Å². The Bertz CT molecular complexity index is 1030. The van der Waals surface area contributed by atoms with Gasteiger partial charge in [0, 0.05) is 29.9 Å². The van der Waals surface area contributed by atoms with Gasteiger partial charge < -0.3 is 37.3 Å². The van der Waals surface area contributed by atoms with Crippen molar-refractivity contribution < 1.29 is 34.2 Å². The maximum atomic E-state index is 12.6. The van der Waals surface area contributed by atoms with E-state index in [1.54, 1.807) is 6.20 Å². The monoisotopic (exact) mass is 461 g/mol. The van der Waals surface area contributed by atoms with Crippen molar-refractivity contribution in [2.75, 3.05) is 0 Å². The van der Waals surface area contributed by atoms with Crippen molar-refractivity contribution in [3.63, 3.8) is 0 Å². The van der Waals surface area contributed by atoms with Crippen LogP contribution in [0.3, 0.4) is 0 Å². The average molecular weight is 461 g/mol. The van der Waals surface area contributed by atoms with Crippen molar-refractivity contribution in [2.24, 2.45) is 11.5 Å². The first-order valence-corrected chi connectivity index (χ1v) is 10.2. The highest BCUT2D eigenvalue weighted by Crippen LogP contribution is 2.18. The van der Waals surface area contributed by atoms with Gasteiger partial charge >= 0.3 is 11.9 Å². The number of benzene rings is 1. The van der Waals surface area contributed by atoms with Crippen molar-refractivity contribution in [3.05, 3.63) is 36.0 Å². The molecule has 0 saturated heterocycles. The highest BCUT2D eigenvalue weighted by atomic mass is 16.4. The minimum atomic E-state index is -1.44. The Balaban J connectivity index is 2.07. The van der Waals surface area contributed by atoms with Crippen LogP contribution < -0.4 is 22.1 Å². The molecule has 1 aromatic carbocycles. The number of carbonyl (C=O) groups excluding carboxylic acids is 3. The molecule has 1 aromatic heterocycles. The number of carboxylic acid groups (broad SMARTS) is 2. The van der Waals surface area contributed by atoms with Crippen LogP contribution in [0.1, 0.15) is 31.2 Å². The van der Waals surface area contributed by atoms with Gasteiger partial charge in [-0.2, -0.15) is 0 Å². The molecular formula is C21H27N5O7. The lowest BCUT2D eigenvalue weighted by molar-refractivity contribution is -0.143. The number of para-hydroxylation sites is 1. The number of primary amides is 1. The number of nitrogens with one attached hydrogen (secondary N) is 3. The zero-order chi connectivity index (χ0) is 24.5. The van der Waals surface area contributed by atoms with Gasteiger partial charge in [0.1, 0.15) is 12.1 Å². The number of carbonyl (C=O) groups is 5. The first-order valence-electron chi connectivity index (χ1n) is 10.2. The molecule has 1 heterocycles. The maximum absolute atomic E-state index is 12.6. The van der Waals surface area contributed by atoms with E-state index in [1.807, 2.05) is 24.3 Å². The van der Waals surface area contributed by atoms with Crippen LogP contribution in [0, 0.1) is 0 Å². The summed E-state index contributed by atoms with van der Waals surface area (Å²) in [7, 11) is 0. The molecule has 0 aliphatic carbocycles. The van der Waals surface area contributed by atoms with Crippen LogP contribution in [0.4, 0.5) is 0 Å².